The Morgan fingerprint density at radius 1 is 0.833 bits per heavy atom. The van der Waals surface area contributed by atoms with Gasteiger partial charge in [-0.15, -0.1) is 0 Å². The molecule has 0 heterocycles. The fraction of sp³-hybridized carbons (Fsp3) is 0.667. The SMILES string of the molecule is C=C(C)C(=O)NCCCOCC(COCCCNC=O)OCCCNC(=O)C(=C)C. The van der Waals surface area contributed by atoms with Crippen molar-refractivity contribution in [3.63, 3.8) is 0 Å². The molecule has 0 aliphatic carbocycles. The van der Waals surface area contributed by atoms with Crippen LogP contribution in [0.15, 0.2) is 24.3 Å². The van der Waals surface area contributed by atoms with Gasteiger partial charge in [0.1, 0.15) is 6.10 Å². The van der Waals surface area contributed by atoms with Crippen molar-refractivity contribution in [1.82, 2.24) is 16.0 Å². The first-order chi connectivity index (χ1) is 14.4. The molecule has 0 radical (unpaired) electrons. The van der Waals surface area contributed by atoms with E-state index in [9.17, 15) is 14.4 Å². The molecule has 9 heteroatoms. The Labute approximate surface area is 179 Å². The van der Waals surface area contributed by atoms with Crippen molar-refractivity contribution in [2.75, 3.05) is 52.7 Å². The number of rotatable bonds is 20. The molecule has 1 unspecified atom stereocenters. The topological polar surface area (TPSA) is 115 Å². The zero-order chi connectivity index (χ0) is 22.6. The molecule has 3 amide bonds. The summed E-state index contributed by atoms with van der Waals surface area (Å²) in [5, 5.41) is 8.08. The molecule has 0 fully saturated rings. The maximum atomic E-state index is 11.4. The van der Waals surface area contributed by atoms with Gasteiger partial charge in [0.25, 0.3) is 0 Å². The number of carbonyl (C=O) groups is 3. The molecule has 3 N–H and O–H groups in total. The van der Waals surface area contributed by atoms with Gasteiger partial charge >= 0.3 is 0 Å². The lowest BCUT2D eigenvalue weighted by Gasteiger charge is -2.18. The largest absolute Gasteiger partial charge is 0.379 e. The predicted octanol–water partition coefficient (Wildman–Crippen LogP) is 0.706. The highest BCUT2D eigenvalue weighted by Crippen LogP contribution is 1.99. The van der Waals surface area contributed by atoms with Gasteiger partial charge in [-0.2, -0.15) is 0 Å². The fourth-order valence-electron chi connectivity index (χ4n) is 2.11. The molecule has 0 bridgehead atoms. The summed E-state index contributed by atoms with van der Waals surface area (Å²) in [5.74, 6) is -0.326. The van der Waals surface area contributed by atoms with Crippen molar-refractivity contribution in [3.05, 3.63) is 24.3 Å². The number of hydrogen-bond donors (Lipinski definition) is 3. The summed E-state index contributed by atoms with van der Waals surface area (Å²) in [6.07, 6.45) is 2.46. The molecule has 9 nitrogen and oxygen atoms in total. The first-order valence-corrected chi connectivity index (χ1v) is 10.2. The zero-order valence-corrected chi connectivity index (χ0v) is 18.3. The summed E-state index contributed by atoms with van der Waals surface area (Å²) in [6.45, 7) is 14.2. The molecule has 0 saturated carbocycles. The van der Waals surface area contributed by atoms with Gasteiger partial charge < -0.3 is 30.2 Å². The van der Waals surface area contributed by atoms with Gasteiger partial charge in [-0.1, -0.05) is 13.2 Å². The van der Waals surface area contributed by atoms with E-state index in [1.54, 1.807) is 13.8 Å². The second kappa shape index (κ2) is 18.8. The summed E-state index contributed by atoms with van der Waals surface area (Å²) in [4.78, 5) is 33.1. The Bertz CT molecular complexity index is 539. The van der Waals surface area contributed by atoms with Gasteiger partial charge in [-0.3, -0.25) is 14.4 Å². The lowest BCUT2D eigenvalue weighted by atomic mass is 10.3. The smallest absolute Gasteiger partial charge is 0.246 e. The molecule has 0 aliphatic rings. The normalized spacial score (nSPS) is 11.4. The molecular weight excluding hydrogens is 390 g/mol. The fourth-order valence-corrected chi connectivity index (χ4v) is 2.11. The van der Waals surface area contributed by atoms with Crippen LogP contribution in [0.3, 0.4) is 0 Å². The van der Waals surface area contributed by atoms with E-state index in [2.05, 4.69) is 29.1 Å². The first kappa shape index (κ1) is 27.8. The van der Waals surface area contributed by atoms with Crippen LogP contribution in [0.5, 0.6) is 0 Å². The predicted molar refractivity (Wildman–Crippen MR) is 115 cm³/mol. The highest BCUT2D eigenvalue weighted by Gasteiger charge is 2.10. The van der Waals surface area contributed by atoms with Crippen LogP contribution in [0, 0.1) is 0 Å². The highest BCUT2D eigenvalue weighted by molar-refractivity contribution is 5.92. The van der Waals surface area contributed by atoms with Crippen molar-refractivity contribution in [2.45, 2.75) is 39.2 Å². The minimum Gasteiger partial charge on any atom is -0.379 e. The van der Waals surface area contributed by atoms with Crippen LogP contribution >= 0.6 is 0 Å². The van der Waals surface area contributed by atoms with Crippen LogP contribution in [0.25, 0.3) is 0 Å². The highest BCUT2D eigenvalue weighted by atomic mass is 16.6. The number of ether oxygens (including phenoxy) is 3. The molecule has 0 spiro atoms. The second-order valence-electron chi connectivity index (χ2n) is 6.85. The third kappa shape index (κ3) is 16.7. The van der Waals surface area contributed by atoms with Crippen LogP contribution < -0.4 is 16.0 Å². The van der Waals surface area contributed by atoms with E-state index in [4.69, 9.17) is 14.2 Å². The minimum atomic E-state index is -0.245. The van der Waals surface area contributed by atoms with Crippen LogP contribution in [0.4, 0.5) is 0 Å². The third-order valence-electron chi connectivity index (χ3n) is 3.79. The maximum absolute atomic E-state index is 11.4. The van der Waals surface area contributed by atoms with Crippen molar-refractivity contribution in [1.29, 1.82) is 0 Å². The first-order valence-electron chi connectivity index (χ1n) is 10.2. The van der Waals surface area contributed by atoms with Gasteiger partial charge in [0, 0.05) is 50.6 Å². The Morgan fingerprint density at radius 2 is 1.30 bits per heavy atom. The number of hydrogen-bond acceptors (Lipinski definition) is 6. The summed E-state index contributed by atoms with van der Waals surface area (Å²) in [7, 11) is 0. The Morgan fingerprint density at radius 3 is 1.77 bits per heavy atom. The lowest BCUT2D eigenvalue weighted by molar-refractivity contribution is -0.118. The van der Waals surface area contributed by atoms with Crippen molar-refractivity contribution in [2.24, 2.45) is 0 Å². The summed E-state index contributed by atoms with van der Waals surface area (Å²) < 4.78 is 17.0. The van der Waals surface area contributed by atoms with Crippen LogP contribution in [0.1, 0.15) is 33.1 Å². The molecule has 0 aromatic carbocycles. The average Bonchev–Trinajstić information content (AvgIpc) is 2.71. The Kier molecular flexibility index (Phi) is 17.4. The average molecular weight is 428 g/mol. The van der Waals surface area contributed by atoms with Crippen molar-refractivity contribution >= 4 is 18.2 Å². The summed E-state index contributed by atoms with van der Waals surface area (Å²) in [5.41, 5.74) is 0.948. The van der Waals surface area contributed by atoms with Gasteiger partial charge in [0.2, 0.25) is 18.2 Å². The Balaban J connectivity index is 4.06. The van der Waals surface area contributed by atoms with E-state index in [0.717, 1.165) is 0 Å². The van der Waals surface area contributed by atoms with E-state index in [-0.39, 0.29) is 17.9 Å². The van der Waals surface area contributed by atoms with Gasteiger partial charge in [-0.25, -0.2) is 0 Å². The standard InChI is InChI=1S/C21H37N3O6/c1-17(2)20(26)23-9-6-12-29-15-19(14-28-11-5-8-22-16-25)30-13-7-10-24-21(27)18(3)4/h16,19H,1,3,5-15H2,2,4H3,(H,22,25)(H,23,26)(H,24,27). The monoisotopic (exact) mass is 427 g/mol. The van der Waals surface area contributed by atoms with E-state index in [0.29, 0.717) is 89.5 Å². The van der Waals surface area contributed by atoms with Crippen LogP contribution in [-0.4, -0.2) is 77.0 Å². The molecule has 172 valence electrons. The van der Waals surface area contributed by atoms with Gasteiger partial charge in [0.05, 0.1) is 13.2 Å². The van der Waals surface area contributed by atoms with Crippen LogP contribution in [0.2, 0.25) is 0 Å². The molecular formula is C21H37N3O6. The van der Waals surface area contributed by atoms with Gasteiger partial charge in [-0.05, 0) is 33.1 Å². The number of amides is 3. The molecule has 0 aromatic rings. The second-order valence-corrected chi connectivity index (χ2v) is 6.85. The summed E-state index contributed by atoms with van der Waals surface area (Å²) >= 11 is 0. The minimum absolute atomic E-state index is 0.160. The van der Waals surface area contributed by atoms with E-state index < -0.39 is 0 Å². The maximum Gasteiger partial charge on any atom is 0.246 e. The molecule has 30 heavy (non-hydrogen) atoms. The molecule has 0 aliphatic heterocycles. The molecule has 1 atom stereocenters. The molecule has 0 aromatic heterocycles. The molecule has 0 saturated heterocycles. The van der Waals surface area contributed by atoms with Crippen molar-refractivity contribution < 1.29 is 28.6 Å². The lowest BCUT2D eigenvalue weighted by Crippen LogP contribution is -2.30. The van der Waals surface area contributed by atoms with E-state index in [1.165, 1.54) is 0 Å². The van der Waals surface area contributed by atoms with E-state index in [1.807, 2.05) is 0 Å². The number of nitrogens with one attached hydrogen (secondary N) is 3. The third-order valence-corrected chi connectivity index (χ3v) is 3.79. The summed E-state index contributed by atoms with van der Waals surface area (Å²) in [6, 6.07) is 0. The van der Waals surface area contributed by atoms with Crippen LogP contribution in [-0.2, 0) is 28.6 Å². The quantitative estimate of drug-likeness (QED) is 0.150. The number of carbonyl (C=O) groups excluding carboxylic acids is 3. The van der Waals surface area contributed by atoms with Crippen molar-refractivity contribution in [3.8, 4) is 0 Å². The molecule has 0 rings (SSSR count). The Hall–Kier alpha value is -2.23. The van der Waals surface area contributed by atoms with E-state index >= 15 is 0 Å². The van der Waals surface area contributed by atoms with Gasteiger partial charge in [0.15, 0.2) is 0 Å². The zero-order valence-electron chi connectivity index (χ0n) is 18.3.